The number of halogens is 6. The summed E-state index contributed by atoms with van der Waals surface area (Å²) >= 11 is 0.980. The Morgan fingerprint density at radius 1 is 1.07 bits per heavy atom. The molecule has 0 aliphatic heterocycles. The third-order valence-electron chi connectivity index (χ3n) is 6.35. The Kier molecular flexibility index (Phi) is 8.41. The van der Waals surface area contributed by atoms with Crippen molar-refractivity contribution in [1.82, 2.24) is 25.7 Å². The number of benzene rings is 2. The molecule has 2 aromatic carbocycles. The third-order valence-corrected chi connectivity index (χ3v) is 7.25. The number of hydrogen-bond donors (Lipinski definition) is 3. The molecule has 5 rings (SSSR count). The standard InChI is InChI=1S/C27H22F6N6O3S/c1-14-19-12-16(7-8-20(19)37-36-14)23-38-39-25(43-23)35-22(42-24(40)27(31,32)33)21(34-13-18-6-3-9-41-18)11-15-4-2-5-17(10-15)26(28,29)30/h2-10,12,21-22,34H,11,13H2,1H3,(H,35,39)(H,36,37). The van der Waals surface area contributed by atoms with E-state index in [1.54, 1.807) is 24.3 Å². The Morgan fingerprint density at radius 2 is 1.88 bits per heavy atom. The third kappa shape index (κ3) is 7.32. The van der Waals surface area contributed by atoms with Gasteiger partial charge in [-0.2, -0.15) is 31.4 Å². The van der Waals surface area contributed by atoms with Crippen molar-refractivity contribution < 1.29 is 40.3 Å². The van der Waals surface area contributed by atoms with Crippen LogP contribution in [0.5, 0.6) is 0 Å². The molecule has 2 unspecified atom stereocenters. The summed E-state index contributed by atoms with van der Waals surface area (Å²) in [6.07, 6.45) is -10.6. The quantitative estimate of drug-likeness (QED) is 0.0949. The maximum Gasteiger partial charge on any atom is 0.491 e. The van der Waals surface area contributed by atoms with Gasteiger partial charge in [-0.15, -0.1) is 10.2 Å². The highest BCUT2D eigenvalue weighted by Crippen LogP contribution is 2.32. The van der Waals surface area contributed by atoms with Crippen LogP contribution in [0.25, 0.3) is 21.5 Å². The molecule has 226 valence electrons. The molecule has 3 N–H and O–H groups in total. The van der Waals surface area contributed by atoms with Crippen molar-refractivity contribution in [3.63, 3.8) is 0 Å². The fraction of sp³-hybridized carbons (Fsp3) is 0.259. The summed E-state index contributed by atoms with van der Waals surface area (Å²) in [4.78, 5) is 12.0. The largest absolute Gasteiger partial charge is 0.491 e. The Morgan fingerprint density at radius 3 is 2.60 bits per heavy atom. The van der Waals surface area contributed by atoms with Crippen molar-refractivity contribution in [2.24, 2.45) is 0 Å². The van der Waals surface area contributed by atoms with Gasteiger partial charge in [-0.1, -0.05) is 29.5 Å². The molecule has 0 spiro atoms. The first-order valence-corrected chi connectivity index (χ1v) is 13.4. The molecule has 9 nitrogen and oxygen atoms in total. The second kappa shape index (κ2) is 12.0. The van der Waals surface area contributed by atoms with Gasteiger partial charge in [0.2, 0.25) is 5.13 Å². The first-order valence-electron chi connectivity index (χ1n) is 12.6. The van der Waals surface area contributed by atoms with Crippen LogP contribution in [-0.4, -0.2) is 44.8 Å². The molecule has 0 amide bonds. The van der Waals surface area contributed by atoms with E-state index in [2.05, 4.69) is 31.0 Å². The van der Waals surface area contributed by atoms with Crippen LogP contribution in [0.3, 0.4) is 0 Å². The Balaban J connectivity index is 1.46. The molecule has 16 heteroatoms. The number of rotatable bonds is 10. The van der Waals surface area contributed by atoms with Crippen LogP contribution < -0.4 is 10.6 Å². The lowest BCUT2D eigenvalue weighted by molar-refractivity contribution is -0.204. The molecule has 3 heterocycles. The van der Waals surface area contributed by atoms with Gasteiger partial charge in [-0.25, -0.2) is 4.79 Å². The van der Waals surface area contributed by atoms with Gasteiger partial charge < -0.3 is 19.8 Å². The second-order valence-corrected chi connectivity index (χ2v) is 10.4. The Hall–Kier alpha value is -4.44. The molecular formula is C27H22F6N6O3S. The van der Waals surface area contributed by atoms with Gasteiger partial charge in [-0.05, 0) is 55.3 Å². The van der Waals surface area contributed by atoms with Gasteiger partial charge in [0.25, 0.3) is 0 Å². The van der Waals surface area contributed by atoms with Crippen molar-refractivity contribution >= 4 is 33.3 Å². The molecule has 0 aliphatic carbocycles. The van der Waals surface area contributed by atoms with Crippen LogP contribution in [-0.2, 0) is 28.7 Å². The van der Waals surface area contributed by atoms with Gasteiger partial charge >= 0.3 is 18.3 Å². The van der Waals surface area contributed by atoms with Gasteiger partial charge in [0.15, 0.2) is 6.23 Å². The Bertz CT molecular complexity index is 1700. The highest BCUT2D eigenvalue weighted by molar-refractivity contribution is 7.18. The molecule has 3 aromatic heterocycles. The first-order chi connectivity index (χ1) is 20.4. The number of aromatic nitrogens is 4. The summed E-state index contributed by atoms with van der Waals surface area (Å²) < 4.78 is 90.1. The zero-order valence-electron chi connectivity index (χ0n) is 22.1. The molecule has 2 atom stereocenters. The molecule has 43 heavy (non-hydrogen) atoms. The molecule has 5 aromatic rings. The second-order valence-electron chi connectivity index (χ2n) is 9.42. The predicted molar refractivity (Wildman–Crippen MR) is 144 cm³/mol. The number of aromatic amines is 1. The van der Waals surface area contributed by atoms with Crippen molar-refractivity contribution in [3.8, 4) is 10.6 Å². The van der Waals surface area contributed by atoms with Crippen LogP contribution in [0.4, 0.5) is 31.5 Å². The number of H-pyrrole nitrogens is 1. The van der Waals surface area contributed by atoms with E-state index in [4.69, 9.17) is 9.15 Å². The highest BCUT2D eigenvalue weighted by atomic mass is 32.1. The van der Waals surface area contributed by atoms with E-state index in [1.807, 2.05) is 13.0 Å². The molecule has 0 saturated carbocycles. The zero-order valence-corrected chi connectivity index (χ0v) is 22.9. The average Bonchev–Trinajstić information content (AvgIpc) is 3.72. The lowest BCUT2D eigenvalue weighted by atomic mass is 10.0. The maximum atomic E-state index is 13.4. The average molecular weight is 625 g/mol. The number of alkyl halides is 6. The molecule has 0 fully saturated rings. The minimum Gasteiger partial charge on any atom is -0.468 e. The van der Waals surface area contributed by atoms with E-state index >= 15 is 0 Å². The minimum absolute atomic E-state index is 0.00725. The predicted octanol–water partition coefficient (Wildman–Crippen LogP) is 6.25. The molecule has 0 bridgehead atoms. The smallest absolute Gasteiger partial charge is 0.468 e. The van der Waals surface area contributed by atoms with Gasteiger partial charge in [0.1, 0.15) is 10.8 Å². The number of ether oxygens (including phenoxy) is 1. The molecule has 0 aliphatic rings. The van der Waals surface area contributed by atoms with Gasteiger partial charge in [0, 0.05) is 10.9 Å². The monoisotopic (exact) mass is 624 g/mol. The lowest BCUT2D eigenvalue weighted by Gasteiger charge is -2.29. The number of carbonyl (C=O) groups is 1. The van der Waals surface area contributed by atoms with Gasteiger partial charge in [-0.3, -0.25) is 5.10 Å². The van der Waals surface area contributed by atoms with Crippen LogP contribution in [0.1, 0.15) is 22.6 Å². The number of esters is 1. The number of aryl methyl sites for hydroxylation is 1. The Labute approximate surface area is 243 Å². The number of nitrogens with zero attached hydrogens (tertiary/aromatic N) is 3. The minimum atomic E-state index is -5.34. The van der Waals surface area contributed by atoms with Crippen LogP contribution >= 0.6 is 11.3 Å². The number of anilines is 1. The van der Waals surface area contributed by atoms with Crippen molar-refractivity contribution in [2.75, 3.05) is 5.32 Å². The van der Waals surface area contributed by atoms with Crippen LogP contribution in [0.2, 0.25) is 0 Å². The summed E-state index contributed by atoms with van der Waals surface area (Å²) in [6.45, 7) is 1.78. The maximum absolute atomic E-state index is 13.4. The molecule has 0 saturated heterocycles. The number of carbonyl (C=O) groups excluding carboxylic acids is 1. The summed E-state index contributed by atoms with van der Waals surface area (Å²) in [5.74, 6) is -2.11. The summed E-state index contributed by atoms with van der Waals surface area (Å²) in [6, 6.07) is 11.7. The number of furan rings is 1. The lowest BCUT2D eigenvalue weighted by Crippen LogP contribution is -2.49. The van der Waals surface area contributed by atoms with Crippen molar-refractivity contribution in [2.45, 2.75) is 44.5 Å². The normalized spacial score (nSPS) is 13.7. The molecule has 0 radical (unpaired) electrons. The molecular weight excluding hydrogens is 602 g/mol. The van der Waals surface area contributed by atoms with E-state index in [0.29, 0.717) is 16.3 Å². The van der Waals surface area contributed by atoms with Crippen molar-refractivity contribution in [3.05, 3.63) is 83.4 Å². The van der Waals surface area contributed by atoms with Crippen molar-refractivity contribution in [1.29, 1.82) is 0 Å². The van der Waals surface area contributed by atoms with Crippen LogP contribution in [0.15, 0.2) is 65.3 Å². The summed E-state index contributed by atoms with van der Waals surface area (Å²) in [5.41, 5.74) is 1.39. The van der Waals surface area contributed by atoms with Crippen LogP contribution in [0, 0.1) is 6.92 Å². The van der Waals surface area contributed by atoms with E-state index < -0.39 is 36.2 Å². The van der Waals surface area contributed by atoms with E-state index in [-0.39, 0.29) is 23.7 Å². The summed E-state index contributed by atoms with van der Waals surface area (Å²) in [5, 5.41) is 22.0. The number of fused-ring (bicyclic) bond motifs is 1. The summed E-state index contributed by atoms with van der Waals surface area (Å²) in [7, 11) is 0. The van der Waals surface area contributed by atoms with Gasteiger partial charge in [0.05, 0.1) is 35.6 Å². The van der Waals surface area contributed by atoms with E-state index in [1.165, 1.54) is 18.4 Å². The fourth-order valence-corrected chi connectivity index (χ4v) is 5.02. The van der Waals surface area contributed by atoms with E-state index in [0.717, 1.165) is 40.1 Å². The zero-order chi connectivity index (χ0) is 30.8. The highest BCUT2D eigenvalue weighted by Gasteiger charge is 2.44. The van der Waals surface area contributed by atoms with E-state index in [9.17, 15) is 31.1 Å². The number of nitrogens with one attached hydrogen (secondary N) is 3. The number of hydrogen-bond acceptors (Lipinski definition) is 9. The topological polar surface area (TPSA) is 118 Å². The fourth-order valence-electron chi connectivity index (χ4n) is 4.25. The first kappa shape index (κ1) is 30.0. The SMILES string of the molecule is Cc1n[nH]c2ccc(-c3nnc(NC(OC(=O)C(F)(F)F)C(Cc4cccc(C(F)(F)F)c4)NCc4ccco4)s3)cc12.